The van der Waals surface area contributed by atoms with Gasteiger partial charge in [0.05, 0.1) is 6.54 Å². The zero-order valence-electron chi connectivity index (χ0n) is 28.3. The molecule has 3 rings (SSSR count). The first-order chi connectivity index (χ1) is 21.2. The Balaban J connectivity index is 1.62. The fraction of sp³-hybridized carbons (Fsp3) is 0.634. The summed E-state index contributed by atoms with van der Waals surface area (Å²) in [6.07, 6.45) is 34.3. The third kappa shape index (κ3) is 13.0. The van der Waals surface area contributed by atoms with Crippen LogP contribution in [0, 0.1) is 0 Å². The van der Waals surface area contributed by atoms with Crippen molar-refractivity contribution in [1.82, 2.24) is 4.57 Å². The molecule has 0 aliphatic rings. The second-order valence-corrected chi connectivity index (χ2v) is 13.5. The molecular weight excluding hydrogens is 520 g/mol. The molecule has 0 N–H and O–H groups in total. The third-order valence-electron chi connectivity index (χ3n) is 9.76. The molecule has 0 aliphatic heterocycles. The van der Waals surface area contributed by atoms with Gasteiger partial charge in [-0.1, -0.05) is 178 Å². The van der Waals surface area contributed by atoms with Crippen LogP contribution in [0.5, 0.6) is 0 Å². The first-order valence-corrected chi connectivity index (χ1v) is 18.3. The van der Waals surface area contributed by atoms with Gasteiger partial charge in [-0.05, 0) is 43.2 Å². The molecule has 0 bridgehead atoms. The molecule has 0 spiro atoms. The summed E-state index contributed by atoms with van der Waals surface area (Å²) in [7, 11) is 0. The van der Waals surface area contributed by atoms with Crippen LogP contribution in [0.3, 0.4) is 0 Å². The Hall–Kier alpha value is -2.35. The molecule has 1 heterocycles. The lowest BCUT2D eigenvalue weighted by Gasteiger charge is -2.37. The van der Waals surface area contributed by atoms with Crippen LogP contribution in [-0.2, 0) is 18.4 Å². The Kier molecular flexibility index (Phi) is 17.5. The van der Waals surface area contributed by atoms with E-state index in [1.165, 1.54) is 133 Å². The summed E-state index contributed by atoms with van der Waals surface area (Å²) in [5.74, 6) is 0. The Morgan fingerprint density at radius 2 is 1.09 bits per heavy atom. The summed E-state index contributed by atoms with van der Waals surface area (Å²) in [5.41, 5.74) is 2.90. The van der Waals surface area contributed by atoms with Crippen molar-refractivity contribution in [3.63, 3.8) is 0 Å². The quantitative estimate of drug-likeness (QED) is 0.0690. The fourth-order valence-corrected chi connectivity index (χ4v) is 7.03. The molecule has 0 saturated heterocycles. The SMILES string of the molecule is CCCCCCCCCCCCC[n+]1ccn(C(CCCCCCCCC)C(C)(Cc2ccccc2)c2ccccc2)c1. The average molecular weight is 586 g/mol. The van der Waals surface area contributed by atoms with E-state index in [0.29, 0.717) is 6.04 Å². The standard InChI is InChI=1S/C41H65N2/c1-4-6-8-10-12-13-14-15-17-19-27-33-42-34-35-43(37-42)40(32-26-18-16-11-9-7-5-2)41(3,39-30-24-21-25-31-39)36-38-28-22-20-23-29-38/h20-25,28-31,34-35,37,40H,4-19,26-27,32-33,36H2,1-3H3/q+1. The van der Waals surface area contributed by atoms with Crippen LogP contribution in [0.25, 0.3) is 0 Å². The highest BCUT2D eigenvalue weighted by molar-refractivity contribution is 5.30. The van der Waals surface area contributed by atoms with Crippen LogP contribution >= 0.6 is 0 Å². The molecular formula is C41H65N2+. The predicted molar refractivity (Wildman–Crippen MR) is 187 cm³/mol. The van der Waals surface area contributed by atoms with Gasteiger partial charge in [0, 0.05) is 5.41 Å². The molecule has 3 aromatic rings. The minimum Gasteiger partial charge on any atom is -0.237 e. The highest BCUT2D eigenvalue weighted by atomic mass is 15.1. The second-order valence-electron chi connectivity index (χ2n) is 13.5. The van der Waals surface area contributed by atoms with E-state index in [2.05, 4.69) is 109 Å². The van der Waals surface area contributed by atoms with E-state index < -0.39 is 0 Å². The second kappa shape index (κ2) is 21.4. The zero-order chi connectivity index (χ0) is 30.4. The van der Waals surface area contributed by atoms with Crippen molar-refractivity contribution in [2.24, 2.45) is 0 Å². The van der Waals surface area contributed by atoms with Crippen molar-refractivity contribution in [3.8, 4) is 0 Å². The molecule has 0 fully saturated rings. The Labute approximate surface area is 266 Å². The minimum absolute atomic E-state index is 0.0121. The van der Waals surface area contributed by atoms with Crippen LogP contribution in [0.15, 0.2) is 79.4 Å². The van der Waals surface area contributed by atoms with E-state index in [0.717, 1.165) is 13.0 Å². The molecule has 2 unspecified atom stereocenters. The fourth-order valence-electron chi connectivity index (χ4n) is 7.03. The number of aromatic nitrogens is 2. The van der Waals surface area contributed by atoms with E-state index in [9.17, 15) is 0 Å². The Morgan fingerprint density at radius 3 is 1.65 bits per heavy atom. The number of unbranched alkanes of at least 4 members (excludes halogenated alkanes) is 16. The highest BCUT2D eigenvalue weighted by Crippen LogP contribution is 2.41. The summed E-state index contributed by atoms with van der Waals surface area (Å²) >= 11 is 0. The molecule has 2 nitrogen and oxygen atoms in total. The van der Waals surface area contributed by atoms with Gasteiger partial charge >= 0.3 is 0 Å². The van der Waals surface area contributed by atoms with E-state index >= 15 is 0 Å². The molecule has 0 radical (unpaired) electrons. The molecule has 2 aromatic carbocycles. The van der Waals surface area contributed by atoms with Crippen LogP contribution in [0.4, 0.5) is 0 Å². The maximum absolute atomic E-state index is 2.57. The third-order valence-corrected chi connectivity index (χ3v) is 9.76. The normalized spacial score (nSPS) is 13.7. The smallest absolute Gasteiger partial charge is 0.237 e. The van der Waals surface area contributed by atoms with Gasteiger partial charge in [0.1, 0.15) is 18.4 Å². The molecule has 2 atom stereocenters. The van der Waals surface area contributed by atoms with Gasteiger partial charge in [-0.2, -0.15) is 0 Å². The Morgan fingerprint density at radius 1 is 0.605 bits per heavy atom. The number of hydrogen-bond donors (Lipinski definition) is 0. The van der Waals surface area contributed by atoms with Crippen molar-refractivity contribution < 1.29 is 4.57 Å². The summed E-state index contributed by atoms with van der Waals surface area (Å²) < 4.78 is 5.03. The lowest BCUT2D eigenvalue weighted by atomic mass is 9.70. The van der Waals surface area contributed by atoms with Gasteiger partial charge in [-0.15, -0.1) is 0 Å². The zero-order valence-corrected chi connectivity index (χ0v) is 28.3. The van der Waals surface area contributed by atoms with Crippen molar-refractivity contribution in [2.45, 2.75) is 167 Å². The number of benzene rings is 2. The van der Waals surface area contributed by atoms with Crippen LogP contribution in [-0.4, -0.2) is 4.57 Å². The molecule has 2 heteroatoms. The largest absolute Gasteiger partial charge is 0.244 e. The highest BCUT2D eigenvalue weighted by Gasteiger charge is 2.40. The van der Waals surface area contributed by atoms with Gasteiger partial charge in [0.25, 0.3) is 0 Å². The number of nitrogens with zero attached hydrogens (tertiary/aromatic N) is 2. The number of rotatable bonds is 25. The van der Waals surface area contributed by atoms with E-state index in [-0.39, 0.29) is 5.41 Å². The van der Waals surface area contributed by atoms with Gasteiger partial charge in [-0.25, -0.2) is 9.13 Å². The summed E-state index contributed by atoms with van der Waals surface area (Å²) in [5, 5.41) is 0. The van der Waals surface area contributed by atoms with Gasteiger partial charge in [0.2, 0.25) is 6.33 Å². The van der Waals surface area contributed by atoms with Crippen molar-refractivity contribution in [2.75, 3.05) is 0 Å². The number of imidazole rings is 1. The summed E-state index contributed by atoms with van der Waals surface area (Å²) in [6.45, 7) is 8.27. The monoisotopic (exact) mass is 586 g/mol. The first kappa shape index (κ1) is 35.1. The van der Waals surface area contributed by atoms with Crippen molar-refractivity contribution >= 4 is 0 Å². The number of hydrogen-bond acceptors (Lipinski definition) is 0. The van der Waals surface area contributed by atoms with Gasteiger partial charge < -0.3 is 0 Å². The Bertz CT molecular complexity index is 1060. The topological polar surface area (TPSA) is 8.81 Å². The van der Waals surface area contributed by atoms with E-state index in [1.807, 2.05) is 0 Å². The average Bonchev–Trinajstić information content (AvgIpc) is 3.50. The maximum Gasteiger partial charge on any atom is 0.244 e. The molecule has 1 aromatic heterocycles. The van der Waals surface area contributed by atoms with E-state index in [1.54, 1.807) is 0 Å². The van der Waals surface area contributed by atoms with Crippen LogP contribution < -0.4 is 4.57 Å². The molecule has 0 saturated carbocycles. The molecule has 238 valence electrons. The number of aryl methyl sites for hydroxylation is 1. The van der Waals surface area contributed by atoms with Gasteiger partial charge in [-0.3, -0.25) is 0 Å². The van der Waals surface area contributed by atoms with Crippen molar-refractivity contribution in [3.05, 3.63) is 90.5 Å². The van der Waals surface area contributed by atoms with Crippen LogP contribution in [0.1, 0.15) is 160 Å². The van der Waals surface area contributed by atoms with Crippen LogP contribution in [0.2, 0.25) is 0 Å². The predicted octanol–water partition coefficient (Wildman–Crippen LogP) is 12.0. The molecule has 0 amide bonds. The lowest BCUT2D eigenvalue weighted by Crippen LogP contribution is -2.38. The maximum atomic E-state index is 2.57. The summed E-state index contributed by atoms with van der Waals surface area (Å²) in [4.78, 5) is 0. The van der Waals surface area contributed by atoms with Gasteiger partial charge in [0.15, 0.2) is 0 Å². The molecule has 0 aliphatic carbocycles. The lowest BCUT2D eigenvalue weighted by molar-refractivity contribution is -0.697. The first-order valence-electron chi connectivity index (χ1n) is 18.3. The van der Waals surface area contributed by atoms with E-state index in [4.69, 9.17) is 0 Å². The molecule has 43 heavy (non-hydrogen) atoms. The minimum atomic E-state index is 0.0121. The summed E-state index contributed by atoms with van der Waals surface area (Å²) in [6, 6.07) is 22.9. The van der Waals surface area contributed by atoms with Crippen molar-refractivity contribution in [1.29, 1.82) is 0 Å².